The summed E-state index contributed by atoms with van der Waals surface area (Å²) in [6.07, 6.45) is -6.09. The van der Waals surface area contributed by atoms with Crippen molar-refractivity contribution in [1.29, 1.82) is 0 Å². The topological polar surface area (TPSA) is 707 Å². The summed E-state index contributed by atoms with van der Waals surface area (Å²) >= 11 is 0. The van der Waals surface area contributed by atoms with Crippen molar-refractivity contribution < 1.29 is 92.7 Å². The molecular formula is C46H82N20O19. The van der Waals surface area contributed by atoms with Gasteiger partial charge in [0.25, 0.3) is 0 Å². The molecule has 0 aromatic heterocycles. The molecule has 39 heteroatoms. The molecule has 0 heterocycles. The molecule has 0 aliphatic carbocycles. The Bertz CT molecular complexity index is 2390. The number of carbonyl (C=O) groups excluding carboxylic acids is 12. The molecule has 480 valence electrons. The molecule has 0 aliphatic heterocycles. The van der Waals surface area contributed by atoms with Crippen molar-refractivity contribution in [2.45, 2.75) is 157 Å². The highest BCUT2D eigenvalue weighted by atomic mass is 16.4. The second kappa shape index (κ2) is 40.2. The van der Waals surface area contributed by atoms with Crippen molar-refractivity contribution in [3.8, 4) is 0 Å². The van der Waals surface area contributed by atoms with Gasteiger partial charge in [-0.15, -0.1) is 0 Å². The Kier molecular flexibility index (Phi) is 35.9. The predicted octanol–water partition coefficient (Wildman–Crippen LogP) is -12.8. The van der Waals surface area contributed by atoms with Crippen LogP contribution in [0.5, 0.6) is 0 Å². The van der Waals surface area contributed by atoms with E-state index in [1.54, 1.807) is 0 Å². The zero-order valence-electron chi connectivity index (χ0n) is 46.6. The van der Waals surface area contributed by atoms with E-state index in [1.807, 2.05) is 10.6 Å². The van der Waals surface area contributed by atoms with Gasteiger partial charge in [0.15, 0.2) is 11.9 Å². The zero-order chi connectivity index (χ0) is 65.1. The van der Waals surface area contributed by atoms with Crippen LogP contribution in [-0.2, 0) is 67.1 Å². The fourth-order valence-corrected chi connectivity index (χ4v) is 7.31. The van der Waals surface area contributed by atoms with Gasteiger partial charge in [0.05, 0.1) is 38.2 Å². The number of aliphatic hydroxyl groups excluding tert-OH is 3. The highest BCUT2D eigenvalue weighted by Crippen LogP contribution is 2.09. The number of nitrogens with zero attached hydrogens (tertiary/aromatic N) is 2. The van der Waals surface area contributed by atoms with E-state index in [4.69, 9.17) is 51.6 Å². The van der Waals surface area contributed by atoms with Gasteiger partial charge in [0.1, 0.15) is 54.4 Å². The van der Waals surface area contributed by atoms with Crippen molar-refractivity contribution in [2.75, 3.05) is 32.8 Å². The molecule has 0 aromatic rings. The first-order chi connectivity index (χ1) is 39.8. The minimum atomic E-state index is -2.05. The Morgan fingerprint density at radius 1 is 0.412 bits per heavy atom. The van der Waals surface area contributed by atoms with Gasteiger partial charge in [-0.05, 0) is 64.8 Å². The number of carboxylic acids is 2. The first-order valence-corrected chi connectivity index (χ1v) is 26.3. The van der Waals surface area contributed by atoms with Gasteiger partial charge in [-0.2, -0.15) is 0 Å². The Hall–Kier alpha value is -9.08. The fourth-order valence-electron chi connectivity index (χ4n) is 7.31. The summed E-state index contributed by atoms with van der Waals surface area (Å²) in [6, 6.07) is -18.0. The minimum Gasteiger partial charge on any atom is -0.481 e. The number of carboxylic acid groups (broad SMARTS) is 2. The average molecular weight is 1220 g/mol. The number of nitrogens with one attached hydrogen (secondary N) is 9. The number of aliphatic hydroxyl groups is 3. The van der Waals surface area contributed by atoms with Gasteiger partial charge in [-0.25, -0.2) is 4.79 Å². The van der Waals surface area contributed by atoms with Crippen LogP contribution in [0.15, 0.2) is 9.98 Å². The fraction of sp³-hybridized carbons (Fsp3) is 0.652. The van der Waals surface area contributed by atoms with Gasteiger partial charge in [-0.1, -0.05) is 6.42 Å². The molecule has 0 bridgehead atoms. The van der Waals surface area contributed by atoms with Gasteiger partial charge in [0, 0.05) is 25.9 Å². The van der Waals surface area contributed by atoms with Crippen LogP contribution in [0, 0.1) is 0 Å². The number of carbonyl (C=O) groups is 14. The highest BCUT2D eigenvalue weighted by molar-refractivity contribution is 6.00. The Morgan fingerprint density at radius 2 is 0.765 bits per heavy atom. The lowest BCUT2D eigenvalue weighted by Gasteiger charge is -2.28. The third-order valence-electron chi connectivity index (χ3n) is 11.8. The number of aliphatic carboxylic acids is 2. The lowest BCUT2D eigenvalue weighted by molar-refractivity contribution is -0.143. The summed E-state index contributed by atoms with van der Waals surface area (Å²) in [5.41, 5.74) is 48.5. The van der Waals surface area contributed by atoms with E-state index in [0.717, 1.165) is 6.92 Å². The number of unbranched alkanes of at least 4 members (excludes halogenated alkanes) is 1. The van der Waals surface area contributed by atoms with Crippen LogP contribution >= 0.6 is 0 Å². The number of hydrogen-bond acceptors (Lipinski definition) is 21. The minimum absolute atomic E-state index is 0.0386. The van der Waals surface area contributed by atoms with Crippen LogP contribution in [0.25, 0.3) is 0 Å². The maximum Gasteiger partial charge on any atom is 0.326 e. The molecule has 12 amide bonds. The standard InChI is InChI=1S/C46H82N20O19/c1-20(69)34(66-42(82)29(19-68)65-40(80)26(16-31(50)71)62-35(75)21(48)6-2-3-13-47)43(83)60-22(7-4-14-56-45(52)53)36(76)58-23(9-11-30(49)70)37(77)59-24(10-12-33(73)74)38(78)64-28(18-67)41(81)63-27(17-32(51)72)39(79)61-25(44(84)85)8-5-15-57-46(54)55/h20-29,34,67-69H,2-19,47-48H2,1H3,(H2,49,70)(H2,50,71)(H2,51,72)(H,58,76)(H,59,77)(H,60,83)(H,61,79)(H,62,75)(H,63,81)(H,64,78)(H,65,80)(H,66,82)(H,73,74)(H,84,85)(H4,52,53,56)(H4,54,55,57)/t20-,21+,22+,23+,24+,25+,26+,27+,28+,29+,34+/m1/s1. The molecule has 0 aliphatic rings. The van der Waals surface area contributed by atoms with Crippen LogP contribution in [0.2, 0.25) is 0 Å². The highest BCUT2D eigenvalue weighted by Gasteiger charge is 2.37. The summed E-state index contributed by atoms with van der Waals surface area (Å²) in [5, 5.41) is 69.4. The maximum absolute atomic E-state index is 14.1. The van der Waals surface area contributed by atoms with E-state index in [1.165, 1.54) is 0 Å². The number of aliphatic imine (C=N–C) groups is 2. The SMILES string of the molecule is C[C@@H](O)[C@H](NC(=O)[C@H](CO)NC(=O)[C@H](CC(N)=O)NC(=O)[C@@H](N)CCCCN)C(=O)N[C@@H](CCCN=C(N)N)C(=O)N[C@@H](CCC(N)=O)C(=O)N[C@@H](CCC(=O)O)C(=O)N[C@@H](CO)C(=O)N[C@@H](CC(N)=O)C(=O)N[C@@H](CCCN=C(N)N)C(=O)O. The van der Waals surface area contributed by atoms with E-state index in [2.05, 4.69) is 47.2 Å². The van der Waals surface area contributed by atoms with Crippen molar-refractivity contribution in [3.63, 3.8) is 0 Å². The molecule has 0 spiro atoms. The van der Waals surface area contributed by atoms with Gasteiger partial charge < -0.3 is 125 Å². The van der Waals surface area contributed by atoms with Gasteiger partial charge in [-0.3, -0.25) is 72.3 Å². The smallest absolute Gasteiger partial charge is 0.326 e. The number of rotatable bonds is 44. The number of hydrogen-bond donors (Lipinski definition) is 23. The third kappa shape index (κ3) is 31.8. The zero-order valence-corrected chi connectivity index (χ0v) is 46.6. The quantitative estimate of drug-likeness (QED) is 0.0153. The largest absolute Gasteiger partial charge is 0.481 e. The van der Waals surface area contributed by atoms with Crippen LogP contribution < -0.4 is 99.5 Å². The van der Waals surface area contributed by atoms with Crippen molar-refractivity contribution in [1.82, 2.24) is 47.9 Å². The van der Waals surface area contributed by atoms with Crippen molar-refractivity contribution in [2.24, 2.45) is 61.6 Å². The molecule has 11 atom stereocenters. The Balaban J connectivity index is 6.81. The second-order valence-corrected chi connectivity index (χ2v) is 19.0. The number of nitrogens with two attached hydrogens (primary N) is 9. The molecule has 0 saturated carbocycles. The Morgan fingerprint density at radius 3 is 1.15 bits per heavy atom. The summed E-state index contributed by atoms with van der Waals surface area (Å²) in [4.78, 5) is 189. The van der Waals surface area contributed by atoms with E-state index in [-0.39, 0.29) is 50.7 Å². The maximum atomic E-state index is 14.1. The summed E-state index contributed by atoms with van der Waals surface area (Å²) in [7, 11) is 0. The van der Waals surface area contributed by atoms with Crippen LogP contribution in [0.3, 0.4) is 0 Å². The summed E-state index contributed by atoms with van der Waals surface area (Å²) < 4.78 is 0. The average Bonchev–Trinajstić information content (AvgIpc) is 3.61. The predicted molar refractivity (Wildman–Crippen MR) is 294 cm³/mol. The first kappa shape index (κ1) is 75.9. The molecule has 32 N–H and O–H groups in total. The number of primary amides is 3. The number of amides is 12. The number of guanidine groups is 2. The lowest BCUT2D eigenvalue weighted by atomic mass is 10.0. The molecular weight excluding hydrogens is 1140 g/mol. The molecule has 0 saturated heterocycles. The molecule has 0 rings (SSSR count). The van der Waals surface area contributed by atoms with Gasteiger partial charge in [0.2, 0.25) is 70.9 Å². The van der Waals surface area contributed by atoms with E-state index in [9.17, 15) is 92.7 Å². The summed E-state index contributed by atoms with van der Waals surface area (Å²) in [5.74, 6) is -18.4. The van der Waals surface area contributed by atoms with Crippen LogP contribution in [0.1, 0.15) is 90.4 Å². The molecule has 85 heavy (non-hydrogen) atoms. The molecule has 0 unspecified atom stereocenters. The van der Waals surface area contributed by atoms with E-state index in [0.29, 0.717) is 19.4 Å². The lowest BCUT2D eigenvalue weighted by Crippen LogP contribution is -2.62. The first-order valence-electron chi connectivity index (χ1n) is 26.3. The monoisotopic (exact) mass is 1220 g/mol. The van der Waals surface area contributed by atoms with Crippen molar-refractivity contribution in [3.05, 3.63) is 0 Å². The normalized spacial score (nSPS) is 14.7. The van der Waals surface area contributed by atoms with E-state index < -0.39 is 208 Å². The van der Waals surface area contributed by atoms with Crippen molar-refractivity contribution >= 4 is 94.7 Å². The van der Waals surface area contributed by atoms with Crippen LogP contribution in [-0.4, -0.2) is 220 Å². The molecule has 0 aromatic carbocycles. The Labute approximate surface area is 485 Å². The van der Waals surface area contributed by atoms with Gasteiger partial charge >= 0.3 is 11.9 Å². The molecule has 39 nitrogen and oxygen atoms in total. The summed E-state index contributed by atoms with van der Waals surface area (Å²) in [6.45, 7) is -1.34. The second-order valence-electron chi connectivity index (χ2n) is 19.0. The molecule has 0 radical (unpaired) electrons. The van der Waals surface area contributed by atoms with Crippen LogP contribution in [0.4, 0.5) is 0 Å². The molecule has 0 fully saturated rings. The third-order valence-corrected chi connectivity index (χ3v) is 11.8. The van der Waals surface area contributed by atoms with E-state index >= 15 is 0 Å².